The Kier molecular flexibility index (Phi) is 3.46. The monoisotopic (exact) mass is 229 g/mol. The van der Waals surface area contributed by atoms with Crippen molar-refractivity contribution < 1.29 is 14.6 Å². The molecule has 0 unspecified atom stereocenters. The van der Waals surface area contributed by atoms with E-state index in [9.17, 15) is 4.79 Å². The molecule has 0 aliphatic rings. The van der Waals surface area contributed by atoms with Crippen LogP contribution in [0.2, 0.25) is 0 Å². The number of thiazole rings is 1. The van der Waals surface area contributed by atoms with Crippen molar-refractivity contribution in [2.45, 2.75) is 32.8 Å². The Bertz CT molecular complexity index is 365. The molecule has 5 heteroatoms. The van der Waals surface area contributed by atoms with E-state index < -0.39 is 5.97 Å². The minimum absolute atomic E-state index is 0.124. The summed E-state index contributed by atoms with van der Waals surface area (Å²) < 4.78 is 4.93. The molecular formula is C10H15NO3S. The van der Waals surface area contributed by atoms with Gasteiger partial charge in [-0.2, -0.15) is 0 Å². The fourth-order valence-electron chi connectivity index (χ4n) is 1.07. The molecule has 1 rings (SSSR count). The first-order valence-corrected chi connectivity index (χ1v) is 5.40. The maximum absolute atomic E-state index is 11.0. The molecule has 1 N–H and O–H groups in total. The van der Waals surface area contributed by atoms with E-state index in [4.69, 9.17) is 9.84 Å². The van der Waals surface area contributed by atoms with Crippen molar-refractivity contribution in [1.82, 2.24) is 4.98 Å². The largest absolute Gasteiger partial charge is 0.477 e. The van der Waals surface area contributed by atoms with E-state index in [0.29, 0.717) is 5.69 Å². The van der Waals surface area contributed by atoms with E-state index in [-0.39, 0.29) is 16.9 Å². The zero-order valence-electron chi connectivity index (χ0n) is 9.33. The van der Waals surface area contributed by atoms with Crippen LogP contribution in [0.25, 0.3) is 0 Å². The van der Waals surface area contributed by atoms with Gasteiger partial charge < -0.3 is 9.84 Å². The van der Waals surface area contributed by atoms with Gasteiger partial charge in [-0.05, 0) is 0 Å². The third-order valence-electron chi connectivity index (χ3n) is 1.81. The quantitative estimate of drug-likeness (QED) is 0.863. The fourth-order valence-corrected chi connectivity index (χ4v) is 2.04. The standard InChI is InChI=1S/C10H15NO3S/c1-10(2,3)9-11-6(5-14-4)7(15-9)8(12)13/h5H2,1-4H3,(H,12,13). The molecule has 15 heavy (non-hydrogen) atoms. The molecule has 0 amide bonds. The van der Waals surface area contributed by atoms with E-state index in [0.717, 1.165) is 5.01 Å². The summed E-state index contributed by atoms with van der Waals surface area (Å²) in [6, 6.07) is 0. The third-order valence-corrected chi connectivity index (χ3v) is 3.33. The van der Waals surface area contributed by atoms with Crippen LogP contribution in [0.3, 0.4) is 0 Å². The minimum Gasteiger partial charge on any atom is -0.477 e. The van der Waals surface area contributed by atoms with Crippen LogP contribution in [-0.4, -0.2) is 23.2 Å². The number of ether oxygens (including phenoxy) is 1. The summed E-state index contributed by atoms with van der Waals surface area (Å²) in [5.41, 5.74) is 0.390. The summed E-state index contributed by atoms with van der Waals surface area (Å²) in [6.07, 6.45) is 0. The van der Waals surface area contributed by atoms with Crippen LogP contribution in [0.15, 0.2) is 0 Å². The Labute approximate surface area is 92.9 Å². The molecule has 1 aromatic heterocycles. The lowest BCUT2D eigenvalue weighted by Crippen LogP contribution is -2.10. The number of aromatic carboxylic acids is 1. The number of carboxylic acid groups (broad SMARTS) is 1. The van der Waals surface area contributed by atoms with Crippen molar-refractivity contribution >= 4 is 17.3 Å². The molecule has 0 aliphatic heterocycles. The molecule has 0 aliphatic carbocycles. The Balaban J connectivity index is 3.15. The molecule has 0 fully saturated rings. The smallest absolute Gasteiger partial charge is 0.347 e. The number of rotatable bonds is 3. The third kappa shape index (κ3) is 2.76. The highest BCUT2D eigenvalue weighted by atomic mass is 32.1. The molecular weight excluding hydrogens is 214 g/mol. The average Bonchev–Trinajstić information content (AvgIpc) is 2.48. The molecule has 0 saturated carbocycles. The van der Waals surface area contributed by atoms with Gasteiger partial charge in [0.15, 0.2) is 0 Å². The van der Waals surface area contributed by atoms with Crippen LogP contribution in [0.1, 0.15) is 41.1 Å². The van der Waals surface area contributed by atoms with Gasteiger partial charge in [-0.25, -0.2) is 9.78 Å². The molecule has 1 heterocycles. The van der Waals surface area contributed by atoms with E-state index >= 15 is 0 Å². The number of aromatic nitrogens is 1. The van der Waals surface area contributed by atoms with Crippen LogP contribution >= 0.6 is 11.3 Å². The van der Waals surface area contributed by atoms with E-state index in [2.05, 4.69) is 4.98 Å². The van der Waals surface area contributed by atoms with Gasteiger partial charge in [0.05, 0.1) is 17.3 Å². The van der Waals surface area contributed by atoms with Crippen LogP contribution < -0.4 is 0 Å². The molecule has 0 spiro atoms. The number of methoxy groups -OCH3 is 1. The van der Waals surface area contributed by atoms with Crippen molar-refractivity contribution in [2.75, 3.05) is 7.11 Å². The molecule has 0 atom stereocenters. The summed E-state index contributed by atoms with van der Waals surface area (Å²) in [5, 5.41) is 9.81. The first-order valence-electron chi connectivity index (χ1n) is 4.58. The van der Waals surface area contributed by atoms with E-state index in [1.165, 1.54) is 18.4 Å². The van der Waals surface area contributed by atoms with Gasteiger partial charge >= 0.3 is 5.97 Å². The van der Waals surface area contributed by atoms with Crippen LogP contribution in [-0.2, 0) is 16.8 Å². The second-order valence-corrected chi connectivity index (χ2v) is 5.28. The Hall–Kier alpha value is -0.940. The molecule has 0 radical (unpaired) electrons. The topological polar surface area (TPSA) is 59.4 Å². The zero-order chi connectivity index (χ0) is 11.6. The zero-order valence-corrected chi connectivity index (χ0v) is 10.1. The number of nitrogens with zero attached hydrogens (tertiary/aromatic N) is 1. The van der Waals surface area contributed by atoms with Gasteiger partial charge in [0.1, 0.15) is 4.88 Å². The predicted octanol–water partition coefficient (Wildman–Crippen LogP) is 2.29. The number of carbonyl (C=O) groups is 1. The second kappa shape index (κ2) is 4.28. The minimum atomic E-state index is -0.935. The Morgan fingerprint density at radius 3 is 2.53 bits per heavy atom. The second-order valence-electron chi connectivity index (χ2n) is 4.28. The maximum Gasteiger partial charge on any atom is 0.347 e. The first kappa shape index (κ1) is 12.1. The summed E-state index contributed by atoms with van der Waals surface area (Å²) in [6.45, 7) is 6.27. The summed E-state index contributed by atoms with van der Waals surface area (Å²) in [5.74, 6) is -0.935. The van der Waals surface area contributed by atoms with Crippen molar-refractivity contribution in [2.24, 2.45) is 0 Å². The fraction of sp³-hybridized carbons (Fsp3) is 0.600. The lowest BCUT2D eigenvalue weighted by atomic mass is 9.98. The van der Waals surface area contributed by atoms with Crippen LogP contribution in [0.4, 0.5) is 0 Å². The number of hydrogen-bond acceptors (Lipinski definition) is 4. The molecule has 1 aromatic rings. The molecule has 0 saturated heterocycles. The van der Waals surface area contributed by atoms with E-state index in [1.54, 1.807) is 0 Å². The van der Waals surface area contributed by atoms with Gasteiger partial charge in [0.25, 0.3) is 0 Å². The summed E-state index contributed by atoms with van der Waals surface area (Å²) in [4.78, 5) is 15.5. The van der Waals surface area contributed by atoms with Crippen molar-refractivity contribution in [3.63, 3.8) is 0 Å². The Morgan fingerprint density at radius 2 is 2.13 bits per heavy atom. The summed E-state index contributed by atoms with van der Waals surface area (Å²) in [7, 11) is 1.53. The Morgan fingerprint density at radius 1 is 1.53 bits per heavy atom. The molecule has 0 bridgehead atoms. The van der Waals surface area contributed by atoms with Gasteiger partial charge in [-0.1, -0.05) is 20.8 Å². The van der Waals surface area contributed by atoms with Gasteiger partial charge in [-0.3, -0.25) is 0 Å². The highest BCUT2D eigenvalue weighted by molar-refractivity contribution is 7.13. The van der Waals surface area contributed by atoms with Crippen LogP contribution in [0.5, 0.6) is 0 Å². The van der Waals surface area contributed by atoms with Crippen molar-refractivity contribution in [3.8, 4) is 0 Å². The average molecular weight is 229 g/mol. The summed E-state index contributed by atoms with van der Waals surface area (Å²) >= 11 is 1.22. The number of carboxylic acids is 1. The first-order chi connectivity index (χ1) is 6.86. The molecule has 84 valence electrons. The van der Waals surface area contributed by atoms with Crippen molar-refractivity contribution in [1.29, 1.82) is 0 Å². The van der Waals surface area contributed by atoms with E-state index in [1.807, 2.05) is 20.8 Å². The SMILES string of the molecule is COCc1nc(C(C)(C)C)sc1C(=O)O. The molecule has 4 nitrogen and oxygen atoms in total. The van der Waals surface area contributed by atoms with Gasteiger partial charge in [-0.15, -0.1) is 11.3 Å². The lowest BCUT2D eigenvalue weighted by Gasteiger charge is -2.13. The highest BCUT2D eigenvalue weighted by Crippen LogP contribution is 2.29. The van der Waals surface area contributed by atoms with Gasteiger partial charge in [0.2, 0.25) is 0 Å². The highest BCUT2D eigenvalue weighted by Gasteiger charge is 2.24. The lowest BCUT2D eigenvalue weighted by molar-refractivity contribution is 0.0697. The maximum atomic E-state index is 11.0. The normalized spacial score (nSPS) is 11.7. The van der Waals surface area contributed by atoms with Gasteiger partial charge in [0, 0.05) is 12.5 Å². The van der Waals surface area contributed by atoms with Crippen LogP contribution in [0, 0.1) is 0 Å². The molecule has 0 aromatic carbocycles. The predicted molar refractivity (Wildman–Crippen MR) is 58.5 cm³/mol. The van der Waals surface area contributed by atoms with Crippen molar-refractivity contribution in [3.05, 3.63) is 15.6 Å². The number of hydrogen-bond donors (Lipinski definition) is 1.